The molecule has 0 aliphatic heterocycles. The minimum absolute atomic E-state index is 0.0808. The molecule has 0 aliphatic rings. The van der Waals surface area contributed by atoms with Crippen molar-refractivity contribution in [2.75, 3.05) is 0 Å². The third kappa shape index (κ3) is 3.18. The van der Waals surface area contributed by atoms with Crippen molar-refractivity contribution >= 4 is 5.97 Å². The average Bonchev–Trinajstić information content (AvgIpc) is 2.97. The number of ether oxygens (including phenoxy) is 1. The molecule has 0 bridgehead atoms. The first-order chi connectivity index (χ1) is 11.1. The number of carbonyl (C=O) groups excluding carboxylic acids is 1. The summed E-state index contributed by atoms with van der Waals surface area (Å²) in [5, 5.41) is 11.5. The second-order valence-corrected chi connectivity index (χ2v) is 4.73. The second-order valence-electron chi connectivity index (χ2n) is 4.73. The van der Waals surface area contributed by atoms with Gasteiger partial charge in [-0.2, -0.15) is 0 Å². The van der Waals surface area contributed by atoms with Crippen LogP contribution in [-0.2, 0) is 11.3 Å². The Morgan fingerprint density at radius 1 is 1.30 bits per heavy atom. The van der Waals surface area contributed by atoms with Crippen LogP contribution in [0.2, 0.25) is 0 Å². The molecule has 0 spiro atoms. The molecule has 0 radical (unpaired) electrons. The van der Waals surface area contributed by atoms with Crippen LogP contribution < -0.4 is 4.73 Å². The van der Waals surface area contributed by atoms with E-state index in [0.29, 0.717) is 16.4 Å². The first-order valence-corrected chi connectivity index (χ1v) is 6.88. The second kappa shape index (κ2) is 6.27. The van der Waals surface area contributed by atoms with Gasteiger partial charge < -0.3 is 14.4 Å². The van der Waals surface area contributed by atoms with Crippen LogP contribution in [0.1, 0.15) is 22.1 Å². The van der Waals surface area contributed by atoms with Gasteiger partial charge in [-0.3, -0.25) is 0 Å². The third-order valence-electron chi connectivity index (χ3n) is 3.13. The first kappa shape index (κ1) is 14.7. The third-order valence-corrected chi connectivity index (χ3v) is 3.13. The minimum Gasteiger partial charge on any atom is -0.711 e. The molecule has 0 aliphatic carbocycles. The lowest BCUT2D eigenvalue weighted by Crippen LogP contribution is -2.33. The summed E-state index contributed by atoms with van der Waals surface area (Å²) < 4.78 is 11.1. The molecule has 3 aromatic rings. The van der Waals surface area contributed by atoms with Gasteiger partial charge in [0, 0.05) is 11.6 Å². The molecule has 0 N–H and O–H groups in total. The number of aryl methyl sites for hydroxylation is 1. The van der Waals surface area contributed by atoms with E-state index in [4.69, 9.17) is 9.15 Å². The van der Waals surface area contributed by atoms with Crippen molar-refractivity contribution in [3.63, 3.8) is 0 Å². The Balaban J connectivity index is 1.75. The fourth-order valence-corrected chi connectivity index (χ4v) is 1.98. The number of esters is 1. The van der Waals surface area contributed by atoms with Crippen LogP contribution in [0.5, 0.6) is 0 Å². The van der Waals surface area contributed by atoms with E-state index in [1.807, 2.05) is 30.3 Å². The van der Waals surface area contributed by atoms with Gasteiger partial charge in [-0.15, -0.1) is 0 Å². The number of oxazole rings is 1. The largest absolute Gasteiger partial charge is 0.711 e. The van der Waals surface area contributed by atoms with Crippen molar-refractivity contribution in [1.82, 2.24) is 9.97 Å². The highest BCUT2D eigenvalue weighted by Gasteiger charge is 2.21. The Kier molecular flexibility index (Phi) is 4.01. The van der Waals surface area contributed by atoms with Crippen molar-refractivity contribution in [3.8, 4) is 11.5 Å². The number of carbonyl (C=O) groups is 1. The molecular formula is C16H13N3O4. The molecule has 7 nitrogen and oxygen atoms in total. The fourth-order valence-electron chi connectivity index (χ4n) is 1.98. The number of rotatable bonds is 4. The van der Waals surface area contributed by atoms with Crippen LogP contribution >= 0.6 is 0 Å². The quantitative estimate of drug-likeness (QED) is 0.416. The van der Waals surface area contributed by atoms with Crippen LogP contribution in [-0.4, -0.2) is 15.9 Å². The molecular weight excluding hydrogens is 298 g/mol. The Bertz CT molecular complexity index is 830. The van der Waals surface area contributed by atoms with Gasteiger partial charge in [0.1, 0.15) is 12.0 Å². The van der Waals surface area contributed by atoms with Gasteiger partial charge in [0.15, 0.2) is 12.3 Å². The first-order valence-electron chi connectivity index (χ1n) is 6.88. The molecule has 0 fully saturated rings. The number of benzene rings is 1. The van der Waals surface area contributed by atoms with Gasteiger partial charge in [-0.05, 0) is 24.0 Å². The zero-order valence-electron chi connectivity index (χ0n) is 12.3. The number of nitrogens with zero attached hydrogens (tertiary/aromatic N) is 3. The van der Waals surface area contributed by atoms with E-state index >= 15 is 0 Å². The van der Waals surface area contributed by atoms with Gasteiger partial charge in [0.25, 0.3) is 0 Å². The van der Waals surface area contributed by atoms with Crippen molar-refractivity contribution < 1.29 is 18.7 Å². The van der Waals surface area contributed by atoms with Crippen LogP contribution in [0.4, 0.5) is 0 Å². The average molecular weight is 311 g/mol. The van der Waals surface area contributed by atoms with Crippen molar-refractivity contribution in [3.05, 3.63) is 71.3 Å². The van der Waals surface area contributed by atoms with Gasteiger partial charge in [-0.1, -0.05) is 18.2 Å². The van der Waals surface area contributed by atoms with E-state index in [2.05, 4.69) is 9.97 Å². The molecule has 23 heavy (non-hydrogen) atoms. The molecule has 2 heterocycles. The predicted molar refractivity (Wildman–Crippen MR) is 79.0 cm³/mol. The lowest BCUT2D eigenvalue weighted by atomic mass is 10.2. The number of aromatic nitrogens is 3. The van der Waals surface area contributed by atoms with E-state index in [9.17, 15) is 10.0 Å². The molecule has 116 valence electrons. The topological polar surface area (TPSA) is 92.2 Å². The van der Waals surface area contributed by atoms with Crippen LogP contribution in [0.3, 0.4) is 0 Å². The molecule has 0 saturated carbocycles. The highest BCUT2D eigenvalue weighted by Crippen LogP contribution is 2.21. The van der Waals surface area contributed by atoms with Crippen LogP contribution in [0, 0.1) is 12.1 Å². The summed E-state index contributed by atoms with van der Waals surface area (Å²) in [6.07, 6.45) is 2.73. The summed E-state index contributed by atoms with van der Waals surface area (Å²) in [6.45, 7) is 1.39. The maximum absolute atomic E-state index is 12.1. The molecule has 0 amide bonds. The molecule has 1 aromatic carbocycles. The van der Waals surface area contributed by atoms with Crippen molar-refractivity contribution in [2.24, 2.45) is 0 Å². The lowest BCUT2D eigenvalue weighted by molar-refractivity contribution is -0.620. The number of hydrogen-bond donors (Lipinski definition) is 0. The Labute approximate surface area is 131 Å². The predicted octanol–water partition coefficient (Wildman–Crippen LogP) is 2.04. The van der Waals surface area contributed by atoms with Crippen molar-refractivity contribution in [2.45, 2.75) is 13.5 Å². The summed E-state index contributed by atoms with van der Waals surface area (Å²) in [5.74, 6) is 0.112. The van der Waals surface area contributed by atoms with Gasteiger partial charge in [-0.25, -0.2) is 14.5 Å². The molecule has 0 unspecified atom stereocenters. The van der Waals surface area contributed by atoms with E-state index in [1.54, 1.807) is 6.92 Å². The van der Waals surface area contributed by atoms with Gasteiger partial charge >= 0.3 is 11.8 Å². The van der Waals surface area contributed by atoms with Crippen LogP contribution in [0.15, 0.2) is 53.2 Å². The fraction of sp³-hybridized carbons (Fsp3) is 0.125. The molecule has 2 aromatic heterocycles. The molecule has 0 saturated heterocycles. The maximum atomic E-state index is 12.1. The summed E-state index contributed by atoms with van der Waals surface area (Å²) in [4.78, 5) is 20.1. The summed E-state index contributed by atoms with van der Waals surface area (Å²) in [5.41, 5.74) is 0.842. The van der Waals surface area contributed by atoms with E-state index in [-0.39, 0.29) is 18.1 Å². The highest BCUT2D eigenvalue weighted by molar-refractivity contribution is 5.88. The van der Waals surface area contributed by atoms with Gasteiger partial charge in [0.2, 0.25) is 5.89 Å². The van der Waals surface area contributed by atoms with E-state index in [0.717, 1.165) is 5.56 Å². The van der Waals surface area contributed by atoms with Crippen molar-refractivity contribution in [1.29, 1.82) is 0 Å². The SMILES string of the molecule is Cc1oc(-c2ccccc2)nc1C(=O)OCc1nccc[n+]1[O-]. The highest BCUT2D eigenvalue weighted by atomic mass is 16.5. The number of hydrogen-bond acceptors (Lipinski definition) is 6. The Morgan fingerprint density at radius 3 is 2.83 bits per heavy atom. The molecule has 0 atom stereocenters. The smallest absolute Gasteiger partial charge is 0.361 e. The summed E-state index contributed by atoms with van der Waals surface area (Å²) in [6, 6.07) is 10.7. The lowest BCUT2D eigenvalue weighted by Gasteiger charge is -2.04. The minimum atomic E-state index is -0.668. The monoisotopic (exact) mass is 311 g/mol. The molecule has 3 rings (SSSR count). The Hall–Kier alpha value is -3.22. The zero-order chi connectivity index (χ0) is 16.2. The molecule has 7 heteroatoms. The Morgan fingerprint density at radius 2 is 2.09 bits per heavy atom. The van der Waals surface area contributed by atoms with E-state index < -0.39 is 5.97 Å². The van der Waals surface area contributed by atoms with Gasteiger partial charge in [0.05, 0.1) is 6.20 Å². The normalized spacial score (nSPS) is 10.5. The van der Waals surface area contributed by atoms with Crippen LogP contribution in [0.25, 0.3) is 11.5 Å². The standard InChI is InChI=1S/C16H13N3O4/c1-11-14(18-15(23-11)12-6-3-2-4-7-12)16(20)22-10-13-17-8-5-9-19(13)21/h2-9H,10H2,1H3. The summed E-state index contributed by atoms with van der Waals surface area (Å²) in [7, 11) is 0. The maximum Gasteiger partial charge on any atom is 0.361 e. The summed E-state index contributed by atoms with van der Waals surface area (Å²) >= 11 is 0. The van der Waals surface area contributed by atoms with E-state index in [1.165, 1.54) is 18.5 Å². The zero-order valence-corrected chi connectivity index (χ0v) is 12.3.